The highest BCUT2D eigenvalue weighted by Crippen LogP contribution is 2.46. The van der Waals surface area contributed by atoms with Crippen molar-refractivity contribution in [1.29, 1.82) is 0 Å². The Kier molecular flexibility index (Phi) is 5.60. The largest absolute Gasteiger partial charge is 0.502 e. The summed E-state index contributed by atoms with van der Waals surface area (Å²) in [4.78, 5) is 23.9. The standard InChI is InChI=1S/C23H20O10/c1-4-18(25)33-22-12-9-17(23(27)28)31-13-7-11(24)8-14(19(12)13)32-21(22)10-5-15(29-2)20(26)16(6-10)30-3/h5-9,18,25-26H,4H2,1-3H3,(H,27,28). The first-order chi connectivity index (χ1) is 15.8. The second-order valence-electron chi connectivity index (χ2n) is 7.09. The summed E-state index contributed by atoms with van der Waals surface area (Å²) in [5.41, 5.74) is -0.0626. The molecule has 0 saturated heterocycles. The first kappa shape index (κ1) is 22.0. The third-order valence-electron chi connectivity index (χ3n) is 5.02. The van der Waals surface area contributed by atoms with Crippen LogP contribution in [0, 0.1) is 0 Å². The number of phenolic OH excluding ortho intramolecular Hbond substituents is 1. The topological polar surface area (TPSA) is 149 Å². The maximum Gasteiger partial charge on any atom is 0.371 e. The summed E-state index contributed by atoms with van der Waals surface area (Å²) < 4.78 is 27.6. The van der Waals surface area contributed by atoms with Crippen LogP contribution in [0.5, 0.6) is 23.0 Å². The van der Waals surface area contributed by atoms with Gasteiger partial charge in [0.25, 0.3) is 0 Å². The molecule has 0 amide bonds. The molecule has 0 radical (unpaired) electrons. The molecule has 4 rings (SSSR count). The summed E-state index contributed by atoms with van der Waals surface area (Å²) in [6, 6.07) is 6.49. The molecule has 1 unspecified atom stereocenters. The zero-order valence-electron chi connectivity index (χ0n) is 17.9. The monoisotopic (exact) mass is 456 g/mol. The fourth-order valence-corrected chi connectivity index (χ4v) is 3.46. The number of aromatic carboxylic acids is 1. The average Bonchev–Trinajstić information content (AvgIpc) is 2.79. The van der Waals surface area contributed by atoms with Gasteiger partial charge in [-0.05, 0) is 12.1 Å². The molecule has 0 aliphatic rings. The van der Waals surface area contributed by atoms with Crippen molar-refractivity contribution in [3.8, 4) is 34.3 Å². The lowest BCUT2D eigenvalue weighted by molar-refractivity contribution is -0.0185. The van der Waals surface area contributed by atoms with Crippen LogP contribution in [-0.2, 0) is 0 Å². The molecule has 33 heavy (non-hydrogen) atoms. The molecule has 0 bridgehead atoms. The van der Waals surface area contributed by atoms with E-state index < -0.39 is 23.4 Å². The van der Waals surface area contributed by atoms with E-state index in [0.717, 1.165) is 6.07 Å². The molecule has 4 aromatic rings. The number of hydrogen-bond donors (Lipinski definition) is 3. The quantitative estimate of drug-likeness (QED) is 0.351. The van der Waals surface area contributed by atoms with Crippen molar-refractivity contribution in [2.45, 2.75) is 19.6 Å². The van der Waals surface area contributed by atoms with Crippen LogP contribution in [0.4, 0.5) is 0 Å². The molecule has 172 valence electrons. The fraction of sp³-hybridized carbons (Fsp3) is 0.217. The Bertz CT molecular complexity index is 1400. The Balaban J connectivity index is 2.17. The van der Waals surface area contributed by atoms with Gasteiger partial charge in [0, 0.05) is 35.6 Å². The molecular weight excluding hydrogens is 436 g/mol. The van der Waals surface area contributed by atoms with Crippen LogP contribution in [0.25, 0.3) is 33.3 Å². The molecule has 0 aliphatic carbocycles. The number of aromatic hydroxyl groups is 1. The van der Waals surface area contributed by atoms with Crippen molar-refractivity contribution in [3.63, 3.8) is 0 Å². The molecule has 0 saturated carbocycles. The van der Waals surface area contributed by atoms with Crippen molar-refractivity contribution in [1.82, 2.24) is 0 Å². The van der Waals surface area contributed by atoms with Gasteiger partial charge in [-0.3, -0.25) is 4.79 Å². The Labute approximate surface area is 186 Å². The predicted octanol–water partition coefficient (Wildman–Crippen LogP) is 3.73. The van der Waals surface area contributed by atoms with E-state index in [1.54, 1.807) is 6.92 Å². The summed E-state index contributed by atoms with van der Waals surface area (Å²) >= 11 is 0. The zero-order chi connectivity index (χ0) is 23.9. The van der Waals surface area contributed by atoms with Crippen molar-refractivity contribution >= 4 is 27.9 Å². The smallest absolute Gasteiger partial charge is 0.371 e. The minimum Gasteiger partial charge on any atom is -0.502 e. The Morgan fingerprint density at radius 3 is 2.18 bits per heavy atom. The zero-order valence-corrected chi connectivity index (χ0v) is 17.9. The van der Waals surface area contributed by atoms with Crippen LogP contribution >= 0.6 is 0 Å². The van der Waals surface area contributed by atoms with Gasteiger partial charge in [-0.15, -0.1) is 0 Å². The van der Waals surface area contributed by atoms with E-state index in [-0.39, 0.29) is 51.7 Å². The van der Waals surface area contributed by atoms with Crippen LogP contribution in [-0.4, -0.2) is 41.8 Å². The number of rotatable bonds is 7. The Hall–Kier alpha value is -4.18. The number of ether oxygens (including phenoxy) is 3. The van der Waals surface area contributed by atoms with E-state index in [9.17, 15) is 24.9 Å². The van der Waals surface area contributed by atoms with Crippen molar-refractivity contribution in [3.05, 3.63) is 46.3 Å². The van der Waals surface area contributed by atoms with Crippen LogP contribution < -0.4 is 19.6 Å². The third kappa shape index (κ3) is 3.80. The lowest BCUT2D eigenvalue weighted by Gasteiger charge is -2.19. The van der Waals surface area contributed by atoms with E-state index in [0.29, 0.717) is 10.9 Å². The lowest BCUT2D eigenvalue weighted by atomic mass is 10.0. The van der Waals surface area contributed by atoms with E-state index in [2.05, 4.69) is 0 Å². The molecule has 3 N–H and O–H groups in total. The highest BCUT2D eigenvalue weighted by atomic mass is 16.6. The van der Waals surface area contributed by atoms with Gasteiger partial charge in [0.05, 0.1) is 19.6 Å². The summed E-state index contributed by atoms with van der Waals surface area (Å²) in [7, 11) is 2.71. The lowest BCUT2D eigenvalue weighted by Crippen LogP contribution is -2.15. The van der Waals surface area contributed by atoms with Gasteiger partial charge in [-0.2, -0.15) is 0 Å². The van der Waals surface area contributed by atoms with Crippen molar-refractivity contribution in [2.24, 2.45) is 0 Å². The molecule has 2 heterocycles. The van der Waals surface area contributed by atoms with Gasteiger partial charge in [-0.25, -0.2) is 4.79 Å². The molecule has 10 nitrogen and oxygen atoms in total. The summed E-state index contributed by atoms with van der Waals surface area (Å²) in [6.07, 6.45) is -1.03. The number of carboxylic acids is 1. The minimum absolute atomic E-state index is 0.00796. The van der Waals surface area contributed by atoms with E-state index >= 15 is 0 Å². The number of benzene rings is 2. The number of methoxy groups -OCH3 is 2. The highest BCUT2D eigenvalue weighted by Gasteiger charge is 2.25. The van der Waals surface area contributed by atoms with Gasteiger partial charge in [0.1, 0.15) is 11.2 Å². The number of aliphatic hydroxyl groups is 1. The maximum absolute atomic E-state index is 12.2. The molecule has 0 fully saturated rings. The first-order valence-electron chi connectivity index (χ1n) is 9.85. The predicted molar refractivity (Wildman–Crippen MR) is 116 cm³/mol. The van der Waals surface area contributed by atoms with Gasteiger partial charge < -0.3 is 38.4 Å². The number of carboxylic acid groups (broad SMARTS) is 1. The molecule has 2 aromatic carbocycles. The van der Waals surface area contributed by atoms with Crippen LogP contribution in [0.3, 0.4) is 0 Å². The van der Waals surface area contributed by atoms with Crippen LogP contribution in [0.1, 0.15) is 23.9 Å². The molecule has 10 heteroatoms. The van der Waals surface area contributed by atoms with Crippen LogP contribution in [0.15, 0.2) is 44.0 Å². The highest BCUT2D eigenvalue weighted by molar-refractivity contribution is 6.11. The molecule has 0 aliphatic heterocycles. The van der Waals surface area contributed by atoms with Gasteiger partial charge in [0.15, 0.2) is 34.7 Å². The van der Waals surface area contributed by atoms with E-state index in [1.807, 2.05) is 0 Å². The average molecular weight is 456 g/mol. The van der Waals surface area contributed by atoms with E-state index in [4.69, 9.17) is 23.0 Å². The van der Waals surface area contributed by atoms with Gasteiger partial charge in [0.2, 0.25) is 11.5 Å². The molecular formula is C23H20O10. The second-order valence-corrected chi connectivity index (χ2v) is 7.09. The summed E-state index contributed by atoms with van der Waals surface area (Å²) in [5, 5.41) is 30.6. The van der Waals surface area contributed by atoms with Crippen LogP contribution in [0.2, 0.25) is 0 Å². The third-order valence-corrected chi connectivity index (χ3v) is 5.02. The van der Waals surface area contributed by atoms with E-state index in [1.165, 1.54) is 38.5 Å². The summed E-state index contributed by atoms with van der Waals surface area (Å²) in [5.74, 6) is -1.86. The molecule has 2 aromatic heterocycles. The maximum atomic E-state index is 12.2. The normalized spacial score (nSPS) is 12.1. The SMILES string of the molecule is CCC(O)Oc1c(-c2cc(OC)c(O)c(OC)c2)oc2cc(=O)cc3oc(C(=O)O)cc1c32. The van der Waals surface area contributed by atoms with Crippen molar-refractivity contribution < 1.29 is 43.2 Å². The van der Waals surface area contributed by atoms with Crippen molar-refractivity contribution in [2.75, 3.05) is 14.2 Å². The van der Waals surface area contributed by atoms with Gasteiger partial charge in [-0.1, -0.05) is 6.92 Å². The number of hydrogen-bond acceptors (Lipinski definition) is 9. The fourth-order valence-electron chi connectivity index (χ4n) is 3.46. The Morgan fingerprint density at radius 1 is 1.03 bits per heavy atom. The number of phenols is 1. The summed E-state index contributed by atoms with van der Waals surface area (Å²) in [6.45, 7) is 1.69. The Morgan fingerprint density at radius 2 is 1.64 bits per heavy atom. The minimum atomic E-state index is -1.36. The second kappa shape index (κ2) is 8.40. The molecule has 0 spiro atoms. The van der Waals surface area contributed by atoms with Gasteiger partial charge >= 0.3 is 5.97 Å². The molecule has 1 atom stereocenters. The number of carbonyl (C=O) groups is 1. The first-order valence-corrected chi connectivity index (χ1v) is 9.85. The number of aliphatic hydroxyl groups excluding tert-OH is 1.